The highest BCUT2D eigenvalue weighted by Crippen LogP contribution is 2.23. The molecule has 2 rings (SSSR count). The van der Waals surface area contributed by atoms with Crippen LogP contribution in [0.1, 0.15) is 18.1 Å². The van der Waals surface area contributed by atoms with Gasteiger partial charge >= 0.3 is 12.1 Å². The molecule has 0 aliphatic heterocycles. The summed E-state index contributed by atoms with van der Waals surface area (Å²) in [6, 6.07) is 11.9. The maximum absolute atomic E-state index is 12.7. The van der Waals surface area contributed by atoms with E-state index in [0.29, 0.717) is 0 Å². The Hall–Kier alpha value is -2.69. The van der Waals surface area contributed by atoms with Crippen LogP contribution < -0.4 is 9.47 Å². The Morgan fingerprint density at radius 1 is 0.870 bits per heavy atom. The first-order valence-corrected chi connectivity index (χ1v) is 6.81. The van der Waals surface area contributed by atoms with Crippen molar-refractivity contribution in [3.63, 3.8) is 0 Å². The summed E-state index contributed by atoms with van der Waals surface area (Å²) < 4.78 is 46.1. The molecule has 0 bridgehead atoms. The molecule has 0 aliphatic rings. The van der Waals surface area contributed by atoms with Gasteiger partial charge in [-0.05, 0) is 47.9 Å². The number of hydrogen-bond acceptors (Lipinski definition) is 2. The van der Waals surface area contributed by atoms with Crippen molar-refractivity contribution < 1.29 is 22.6 Å². The van der Waals surface area contributed by atoms with E-state index in [0.717, 1.165) is 22.4 Å². The highest BCUT2D eigenvalue weighted by Gasteiger charge is 2.07. The average Bonchev–Trinajstić information content (AvgIpc) is 2.56. The molecule has 0 aromatic heterocycles. The first-order chi connectivity index (χ1) is 11.0. The SMILES string of the molecule is COc1ccc(C(C)=Cc2ccc(OC(F)=C(F)F)cc2)cc1. The first-order valence-electron chi connectivity index (χ1n) is 6.81. The van der Waals surface area contributed by atoms with E-state index in [4.69, 9.17) is 4.74 Å². The highest BCUT2D eigenvalue weighted by atomic mass is 19.3. The molecule has 0 saturated carbocycles. The summed E-state index contributed by atoms with van der Waals surface area (Å²) in [7, 11) is 1.61. The highest BCUT2D eigenvalue weighted by molar-refractivity contribution is 5.80. The molecule has 5 heteroatoms. The third-order valence-corrected chi connectivity index (χ3v) is 3.16. The van der Waals surface area contributed by atoms with Crippen molar-refractivity contribution in [1.82, 2.24) is 0 Å². The monoisotopic (exact) mass is 320 g/mol. The lowest BCUT2D eigenvalue weighted by molar-refractivity contribution is 0.241. The molecule has 0 saturated heterocycles. The molecule has 0 aliphatic carbocycles. The summed E-state index contributed by atoms with van der Waals surface area (Å²) >= 11 is 0. The van der Waals surface area contributed by atoms with Gasteiger partial charge in [-0.2, -0.15) is 13.2 Å². The molecule has 0 amide bonds. The number of ether oxygens (including phenoxy) is 2. The Balaban J connectivity index is 2.13. The topological polar surface area (TPSA) is 18.5 Å². The van der Waals surface area contributed by atoms with Gasteiger partial charge in [-0.1, -0.05) is 30.3 Å². The van der Waals surface area contributed by atoms with Crippen LogP contribution >= 0.6 is 0 Å². The van der Waals surface area contributed by atoms with Crippen molar-refractivity contribution in [1.29, 1.82) is 0 Å². The third kappa shape index (κ3) is 4.64. The number of halogens is 3. The molecular weight excluding hydrogens is 305 g/mol. The van der Waals surface area contributed by atoms with E-state index >= 15 is 0 Å². The lowest BCUT2D eigenvalue weighted by Crippen LogP contribution is -1.90. The Kier molecular flexibility index (Phi) is 5.46. The number of hydrogen-bond donors (Lipinski definition) is 0. The molecule has 0 atom stereocenters. The second-order valence-corrected chi connectivity index (χ2v) is 4.76. The molecule has 0 N–H and O–H groups in total. The summed E-state index contributed by atoms with van der Waals surface area (Å²) in [5.74, 6) is 0.785. The summed E-state index contributed by atoms with van der Waals surface area (Å²) in [5, 5.41) is 0. The minimum absolute atomic E-state index is 0.00884. The van der Waals surface area contributed by atoms with Gasteiger partial charge in [0.25, 0.3) is 0 Å². The Labute approximate surface area is 132 Å². The second kappa shape index (κ2) is 7.54. The van der Waals surface area contributed by atoms with Crippen LogP contribution in [0.5, 0.6) is 11.5 Å². The van der Waals surface area contributed by atoms with Crippen molar-refractivity contribution in [2.45, 2.75) is 6.92 Å². The van der Waals surface area contributed by atoms with Crippen LogP contribution in [-0.4, -0.2) is 7.11 Å². The lowest BCUT2D eigenvalue weighted by atomic mass is 10.0. The first kappa shape index (κ1) is 16.7. The summed E-state index contributed by atoms with van der Waals surface area (Å²) in [6.45, 7) is 1.95. The predicted molar refractivity (Wildman–Crippen MR) is 84.0 cm³/mol. The fourth-order valence-electron chi connectivity index (χ4n) is 1.96. The number of methoxy groups -OCH3 is 1. The quantitative estimate of drug-likeness (QED) is 0.522. The minimum Gasteiger partial charge on any atom is -0.497 e. The molecule has 0 spiro atoms. The van der Waals surface area contributed by atoms with Crippen molar-refractivity contribution in [2.24, 2.45) is 0 Å². The molecule has 2 aromatic rings. The zero-order chi connectivity index (χ0) is 16.8. The van der Waals surface area contributed by atoms with Crippen LogP contribution in [0.15, 0.2) is 60.6 Å². The van der Waals surface area contributed by atoms with E-state index < -0.39 is 12.1 Å². The van der Waals surface area contributed by atoms with E-state index in [9.17, 15) is 13.2 Å². The standard InChI is InChI=1S/C18H15F3O2/c1-12(14-5-9-15(22-2)10-6-14)11-13-3-7-16(8-4-13)23-18(21)17(19)20/h3-11H,1-2H3. The van der Waals surface area contributed by atoms with Crippen molar-refractivity contribution in [3.05, 3.63) is 71.8 Å². The van der Waals surface area contributed by atoms with Crippen LogP contribution in [0, 0.1) is 0 Å². The van der Waals surface area contributed by atoms with Gasteiger partial charge in [-0.3, -0.25) is 0 Å². The van der Waals surface area contributed by atoms with Crippen LogP contribution in [-0.2, 0) is 0 Å². The summed E-state index contributed by atoms with van der Waals surface area (Å²) in [6.07, 6.45) is -0.558. The predicted octanol–water partition coefficient (Wildman–Crippen LogP) is 5.67. The Morgan fingerprint density at radius 2 is 1.43 bits per heavy atom. The van der Waals surface area contributed by atoms with Gasteiger partial charge in [-0.15, -0.1) is 0 Å². The van der Waals surface area contributed by atoms with Crippen LogP contribution in [0.3, 0.4) is 0 Å². The van der Waals surface area contributed by atoms with E-state index in [2.05, 4.69) is 4.74 Å². The van der Waals surface area contributed by atoms with Gasteiger partial charge in [-0.25, -0.2) is 0 Å². The van der Waals surface area contributed by atoms with E-state index in [-0.39, 0.29) is 5.75 Å². The maximum atomic E-state index is 12.7. The fraction of sp³-hybridized carbons (Fsp3) is 0.111. The van der Waals surface area contributed by atoms with Crippen molar-refractivity contribution >= 4 is 11.6 Å². The van der Waals surface area contributed by atoms with E-state index in [1.165, 1.54) is 12.1 Å². The van der Waals surface area contributed by atoms with Crippen LogP contribution in [0.4, 0.5) is 13.2 Å². The molecule has 2 aromatic carbocycles. The molecular formula is C18H15F3O2. The molecule has 0 radical (unpaired) electrons. The molecule has 0 heterocycles. The smallest absolute Gasteiger partial charge is 0.344 e. The van der Waals surface area contributed by atoms with Gasteiger partial charge in [0, 0.05) is 0 Å². The number of rotatable bonds is 5. The summed E-state index contributed by atoms with van der Waals surface area (Å²) in [4.78, 5) is 0. The minimum atomic E-state index is -2.48. The molecule has 23 heavy (non-hydrogen) atoms. The lowest BCUT2D eigenvalue weighted by Gasteiger charge is -2.05. The Bertz CT molecular complexity index is 713. The van der Waals surface area contributed by atoms with Gasteiger partial charge in [0.2, 0.25) is 0 Å². The zero-order valence-electron chi connectivity index (χ0n) is 12.6. The number of benzene rings is 2. The summed E-state index contributed by atoms with van der Waals surface area (Å²) in [5.41, 5.74) is 2.89. The fourth-order valence-corrected chi connectivity index (χ4v) is 1.96. The largest absolute Gasteiger partial charge is 0.497 e. The molecule has 0 fully saturated rings. The maximum Gasteiger partial charge on any atom is 0.344 e. The van der Waals surface area contributed by atoms with Crippen LogP contribution in [0.25, 0.3) is 11.6 Å². The third-order valence-electron chi connectivity index (χ3n) is 3.16. The van der Waals surface area contributed by atoms with Crippen LogP contribution in [0.2, 0.25) is 0 Å². The molecule has 0 unspecified atom stereocenters. The van der Waals surface area contributed by atoms with E-state index in [1.54, 1.807) is 19.2 Å². The van der Waals surface area contributed by atoms with Gasteiger partial charge < -0.3 is 9.47 Å². The van der Waals surface area contributed by atoms with Gasteiger partial charge in [0.05, 0.1) is 7.11 Å². The zero-order valence-corrected chi connectivity index (χ0v) is 12.6. The van der Waals surface area contributed by atoms with Gasteiger partial charge in [0.1, 0.15) is 11.5 Å². The normalized spacial score (nSPS) is 11.1. The van der Waals surface area contributed by atoms with Crippen molar-refractivity contribution in [2.75, 3.05) is 7.11 Å². The molecule has 2 nitrogen and oxygen atoms in total. The average molecular weight is 320 g/mol. The Morgan fingerprint density at radius 3 is 1.96 bits per heavy atom. The van der Waals surface area contributed by atoms with Gasteiger partial charge in [0.15, 0.2) is 0 Å². The second-order valence-electron chi connectivity index (χ2n) is 4.76. The van der Waals surface area contributed by atoms with Crippen molar-refractivity contribution in [3.8, 4) is 11.5 Å². The molecule has 120 valence electrons. The number of allylic oxidation sites excluding steroid dienone is 1. The van der Waals surface area contributed by atoms with E-state index in [1.807, 2.05) is 37.3 Å².